The molecular formula is C24H19Br2F3N2O4. The second-order valence-corrected chi connectivity index (χ2v) is 9.19. The number of hydrogen-bond acceptors (Lipinski definition) is 4. The van der Waals surface area contributed by atoms with Gasteiger partial charge >= 0.3 is 12.1 Å². The summed E-state index contributed by atoms with van der Waals surface area (Å²) < 4.78 is 47.5. The van der Waals surface area contributed by atoms with E-state index in [1.165, 1.54) is 37.4 Å². The van der Waals surface area contributed by atoms with Gasteiger partial charge in [0, 0.05) is 26.0 Å². The zero-order valence-electron chi connectivity index (χ0n) is 18.2. The number of carbonyl (C=O) groups is 1. The van der Waals surface area contributed by atoms with Crippen LogP contribution < -0.4 is 9.64 Å². The van der Waals surface area contributed by atoms with Gasteiger partial charge in [-0.1, -0.05) is 68.3 Å². The van der Waals surface area contributed by atoms with Gasteiger partial charge in [0.25, 0.3) is 0 Å². The van der Waals surface area contributed by atoms with Crippen molar-refractivity contribution in [2.75, 3.05) is 12.0 Å². The molecule has 11 heteroatoms. The third kappa shape index (κ3) is 6.21. The van der Waals surface area contributed by atoms with Gasteiger partial charge in [-0.25, -0.2) is 0 Å². The van der Waals surface area contributed by atoms with Crippen molar-refractivity contribution < 1.29 is 27.6 Å². The fourth-order valence-corrected chi connectivity index (χ4v) is 4.67. The average molecular weight is 616 g/mol. The van der Waals surface area contributed by atoms with Gasteiger partial charge in [0.1, 0.15) is 11.8 Å². The third-order valence-electron chi connectivity index (χ3n) is 5.34. The lowest BCUT2D eigenvalue weighted by molar-refractivity contribution is -0.526. The average Bonchev–Trinajstić information content (AvgIpc) is 2.82. The monoisotopic (exact) mass is 614 g/mol. The molecule has 0 bridgehead atoms. The predicted octanol–water partition coefficient (Wildman–Crippen LogP) is 6.74. The molecule has 0 aliphatic carbocycles. The first-order valence-electron chi connectivity index (χ1n) is 10.2. The molecule has 3 aromatic rings. The Labute approximate surface area is 216 Å². The molecule has 0 aliphatic rings. The molecule has 0 radical (unpaired) electrons. The zero-order valence-corrected chi connectivity index (χ0v) is 21.4. The van der Waals surface area contributed by atoms with Crippen LogP contribution in [-0.4, -0.2) is 30.2 Å². The summed E-state index contributed by atoms with van der Waals surface area (Å²) in [5, 5.41) is 12.4. The maximum Gasteiger partial charge on any atom is 0.471 e. The van der Waals surface area contributed by atoms with E-state index in [9.17, 15) is 28.1 Å². The van der Waals surface area contributed by atoms with Crippen molar-refractivity contribution >= 4 is 43.5 Å². The maximum atomic E-state index is 13.9. The van der Waals surface area contributed by atoms with Crippen LogP contribution in [-0.2, 0) is 11.2 Å². The number of ether oxygens (including phenoxy) is 1. The number of carbonyl (C=O) groups excluding carboxylic acids is 1. The molecule has 0 spiro atoms. The quantitative estimate of drug-likeness (QED) is 0.208. The number of alkyl halides is 3. The van der Waals surface area contributed by atoms with Crippen LogP contribution in [0.4, 0.5) is 18.9 Å². The Morgan fingerprint density at radius 3 is 2.09 bits per heavy atom. The van der Waals surface area contributed by atoms with Crippen molar-refractivity contribution in [3.63, 3.8) is 0 Å². The molecule has 6 nitrogen and oxygen atoms in total. The van der Waals surface area contributed by atoms with E-state index in [2.05, 4.69) is 31.9 Å². The van der Waals surface area contributed by atoms with Gasteiger partial charge in [0.05, 0.1) is 7.11 Å². The summed E-state index contributed by atoms with van der Waals surface area (Å²) in [6, 6.07) is 15.0. The van der Waals surface area contributed by atoms with Crippen LogP contribution in [0.3, 0.4) is 0 Å². The van der Waals surface area contributed by atoms with E-state index in [1.54, 1.807) is 42.5 Å². The largest absolute Gasteiger partial charge is 0.497 e. The number of halogens is 5. The lowest BCUT2D eigenvalue weighted by atomic mass is 9.92. The Kier molecular flexibility index (Phi) is 8.55. The van der Waals surface area contributed by atoms with Crippen molar-refractivity contribution in [1.29, 1.82) is 0 Å². The molecule has 0 heterocycles. The number of anilines is 1. The second-order valence-electron chi connectivity index (χ2n) is 7.49. The molecular weight excluding hydrogens is 597 g/mol. The number of methoxy groups -OCH3 is 1. The van der Waals surface area contributed by atoms with Crippen LogP contribution in [0.1, 0.15) is 17.2 Å². The molecule has 0 saturated heterocycles. The summed E-state index contributed by atoms with van der Waals surface area (Å²) in [4.78, 5) is 25.0. The molecule has 3 rings (SSSR count). The van der Waals surface area contributed by atoms with E-state index in [1.807, 2.05) is 0 Å². The first-order valence-corrected chi connectivity index (χ1v) is 11.8. The molecule has 0 N–H and O–H groups in total. The van der Waals surface area contributed by atoms with E-state index in [0.717, 1.165) is 0 Å². The van der Waals surface area contributed by atoms with Gasteiger partial charge in [0.2, 0.25) is 6.04 Å². The maximum absolute atomic E-state index is 13.9. The normalized spacial score (nSPS) is 13.1. The van der Waals surface area contributed by atoms with Gasteiger partial charge in [-0.3, -0.25) is 19.8 Å². The van der Waals surface area contributed by atoms with E-state index in [-0.39, 0.29) is 17.7 Å². The molecule has 0 aromatic heterocycles. The van der Waals surface area contributed by atoms with E-state index >= 15 is 0 Å². The fraction of sp³-hybridized carbons (Fsp3) is 0.208. The van der Waals surface area contributed by atoms with Crippen molar-refractivity contribution in [2.24, 2.45) is 0 Å². The summed E-state index contributed by atoms with van der Waals surface area (Å²) in [7, 11) is 1.39. The van der Waals surface area contributed by atoms with Gasteiger partial charge < -0.3 is 4.74 Å². The molecule has 2 atom stereocenters. The van der Waals surface area contributed by atoms with Crippen LogP contribution in [0.25, 0.3) is 0 Å². The van der Waals surface area contributed by atoms with Crippen LogP contribution in [0.5, 0.6) is 5.75 Å². The van der Waals surface area contributed by atoms with Crippen LogP contribution in [0, 0.1) is 10.1 Å². The summed E-state index contributed by atoms with van der Waals surface area (Å²) in [6.07, 6.45) is -5.52. The lowest BCUT2D eigenvalue weighted by Crippen LogP contribution is -2.49. The van der Waals surface area contributed by atoms with Crippen LogP contribution >= 0.6 is 31.9 Å². The topological polar surface area (TPSA) is 72.7 Å². The second kappa shape index (κ2) is 11.2. The molecule has 1 amide bonds. The zero-order chi connectivity index (χ0) is 25.8. The minimum atomic E-state index is -5.28. The number of hydrogen-bond donors (Lipinski definition) is 0. The van der Waals surface area contributed by atoms with E-state index < -0.39 is 29.1 Å². The van der Waals surface area contributed by atoms with Crippen molar-refractivity contribution in [2.45, 2.75) is 24.7 Å². The highest BCUT2D eigenvalue weighted by atomic mass is 79.9. The van der Waals surface area contributed by atoms with Crippen molar-refractivity contribution in [1.82, 2.24) is 0 Å². The molecule has 184 valence electrons. The van der Waals surface area contributed by atoms with Crippen LogP contribution in [0.15, 0.2) is 81.7 Å². The molecule has 35 heavy (non-hydrogen) atoms. The first-order chi connectivity index (χ1) is 16.5. The number of nitro groups is 1. The predicted molar refractivity (Wildman–Crippen MR) is 132 cm³/mol. The van der Waals surface area contributed by atoms with Gasteiger partial charge in [-0.15, -0.1) is 0 Å². The number of amides is 1. The minimum Gasteiger partial charge on any atom is -0.497 e. The van der Waals surface area contributed by atoms with Crippen molar-refractivity contribution in [3.8, 4) is 5.75 Å². The van der Waals surface area contributed by atoms with E-state index in [0.29, 0.717) is 25.2 Å². The number of nitrogens with zero attached hydrogens (tertiary/aromatic N) is 2. The summed E-state index contributed by atoms with van der Waals surface area (Å²) in [5.74, 6) is -1.87. The summed E-state index contributed by atoms with van der Waals surface area (Å²) in [5.41, 5.74) is 0.517. The highest BCUT2D eigenvalue weighted by Gasteiger charge is 2.50. The van der Waals surface area contributed by atoms with Gasteiger partial charge in [-0.2, -0.15) is 13.2 Å². The summed E-state index contributed by atoms with van der Waals surface area (Å²) >= 11 is 6.65. The molecule has 0 saturated carbocycles. The molecule has 0 fully saturated rings. The Hall–Kier alpha value is -2.92. The van der Waals surface area contributed by atoms with Gasteiger partial charge in [0.15, 0.2) is 0 Å². The molecule has 3 aromatic carbocycles. The standard InChI is InChI=1S/C24H19Br2F3N2O4/c1-35-17-12-10-16(11-13-17)30(23(32)24(27,28)29)22(18-7-3-5-9-20(18)26)21(31(33)34)14-15-6-2-4-8-19(15)25/h2-13,21-22H,14H2,1H3/t21-,22+/m0/s1. The van der Waals surface area contributed by atoms with Gasteiger partial charge in [-0.05, 0) is 47.5 Å². The van der Waals surface area contributed by atoms with Crippen molar-refractivity contribution in [3.05, 3.63) is 103 Å². The Morgan fingerprint density at radius 1 is 1.00 bits per heavy atom. The number of benzene rings is 3. The molecule has 0 aliphatic heterocycles. The van der Waals surface area contributed by atoms with E-state index in [4.69, 9.17) is 4.74 Å². The fourth-order valence-electron chi connectivity index (χ4n) is 3.71. The highest BCUT2D eigenvalue weighted by molar-refractivity contribution is 9.10. The molecule has 0 unspecified atom stereocenters. The first kappa shape index (κ1) is 26.7. The Balaban J connectivity index is 2.27. The Morgan fingerprint density at radius 2 is 1.57 bits per heavy atom. The lowest BCUT2D eigenvalue weighted by Gasteiger charge is -2.34. The van der Waals surface area contributed by atoms with Crippen LogP contribution in [0.2, 0.25) is 0 Å². The minimum absolute atomic E-state index is 0.159. The smallest absolute Gasteiger partial charge is 0.471 e. The third-order valence-corrected chi connectivity index (χ3v) is 6.83. The Bertz CT molecular complexity index is 1210. The summed E-state index contributed by atoms with van der Waals surface area (Å²) in [6.45, 7) is 0. The highest BCUT2D eigenvalue weighted by Crippen LogP contribution is 2.39. The number of rotatable bonds is 8. The SMILES string of the molecule is COc1ccc(N(C(=O)C(F)(F)F)[C@H](c2ccccc2Br)[C@H](Cc2ccccc2Br)[N+](=O)[O-])cc1.